The quantitative estimate of drug-likeness (QED) is 0.176. The molecule has 0 aromatic rings. The molecule has 0 atom stereocenters. The Morgan fingerprint density at radius 1 is 0.560 bits per heavy atom. The summed E-state index contributed by atoms with van der Waals surface area (Å²) in [6, 6.07) is 0. The smallest absolute Gasteiger partial charge is 0.160 e. The van der Waals surface area contributed by atoms with Crippen molar-refractivity contribution in [2.24, 2.45) is 0 Å². The van der Waals surface area contributed by atoms with Crippen molar-refractivity contribution in [3.63, 3.8) is 0 Å². The van der Waals surface area contributed by atoms with Gasteiger partial charge in [-0.05, 0) is 12.8 Å². The van der Waals surface area contributed by atoms with Gasteiger partial charge in [-0.3, -0.25) is 4.79 Å². The minimum absolute atomic E-state index is 0.0437. The van der Waals surface area contributed by atoms with Crippen LogP contribution in [0.25, 0.3) is 0 Å². The molecule has 0 spiro atoms. The Morgan fingerprint density at radius 2 is 0.920 bits per heavy atom. The standard InChI is InChI=1S/C18H34OS6/c19-15-13-11-9-7-5-3-1-2-4-6-8-10-12-14-16(20,21)18(24,25)17(15,22)23/h20-25H,1-14H2. The maximum atomic E-state index is 12.7. The van der Waals surface area contributed by atoms with Gasteiger partial charge < -0.3 is 0 Å². The highest BCUT2D eigenvalue weighted by atomic mass is 32.2. The van der Waals surface area contributed by atoms with Crippen molar-refractivity contribution in [3.05, 3.63) is 0 Å². The fraction of sp³-hybridized carbons (Fsp3) is 0.944. The van der Waals surface area contributed by atoms with Crippen LogP contribution in [0.4, 0.5) is 0 Å². The molecule has 0 aliphatic heterocycles. The molecule has 0 amide bonds. The Balaban J connectivity index is 2.76. The second kappa shape index (κ2) is 11.7. The summed E-state index contributed by atoms with van der Waals surface area (Å²) in [5, 5.41) is 0. The molecule has 25 heavy (non-hydrogen) atoms. The number of thiol groups is 6. The fourth-order valence-electron chi connectivity index (χ4n) is 3.25. The highest BCUT2D eigenvalue weighted by Gasteiger charge is 2.56. The molecule has 0 aromatic heterocycles. The molecule has 0 N–H and O–H groups in total. The van der Waals surface area contributed by atoms with Gasteiger partial charge in [0, 0.05) is 6.42 Å². The van der Waals surface area contributed by atoms with E-state index in [1.54, 1.807) is 0 Å². The summed E-state index contributed by atoms with van der Waals surface area (Å²) < 4.78 is -3.26. The van der Waals surface area contributed by atoms with Crippen molar-refractivity contribution < 1.29 is 4.79 Å². The third-order valence-electron chi connectivity index (χ3n) is 5.11. The van der Waals surface area contributed by atoms with Crippen molar-refractivity contribution >= 4 is 81.6 Å². The third-order valence-corrected chi connectivity index (χ3v) is 10.2. The molecular weight excluding hydrogens is 425 g/mol. The Bertz CT molecular complexity index is 408. The largest absolute Gasteiger partial charge is 0.297 e. The van der Waals surface area contributed by atoms with Crippen molar-refractivity contribution in [1.82, 2.24) is 0 Å². The zero-order valence-electron chi connectivity index (χ0n) is 15.0. The van der Waals surface area contributed by atoms with E-state index in [4.69, 9.17) is 25.3 Å². The third kappa shape index (κ3) is 7.60. The highest BCUT2D eigenvalue weighted by Crippen LogP contribution is 2.55. The molecule has 1 nitrogen and oxygen atoms in total. The van der Waals surface area contributed by atoms with E-state index in [0.717, 1.165) is 25.7 Å². The number of carbonyl (C=O) groups excluding carboxylic acids is 1. The van der Waals surface area contributed by atoms with Crippen LogP contribution in [-0.2, 0) is 4.79 Å². The first-order chi connectivity index (χ1) is 11.6. The van der Waals surface area contributed by atoms with Crippen molar-refractivity contribution in [3.8, 4) is 0 Å². The molecule has 0 unspecified atom stereocenters. The number of hydrogen-bond acceptors (Lipinski definition) is 7. The SMILES string of the molecule is O=C1CCCCCCCCCCCCCCC(S)(S)C(S)(S)C1(S)S. The van der Waals surface area contributed by atoms with Gasteiger partial charge in [0.2, 0.25) is 0 Å². The van der Waals surface area contributed by atoms with Crippen LogP contribution in [0, 0.1) is 0 Å². The van der Waals surface area contributed by atoms with Crippen molar-refractivity contribution in [1.29, 1.82) is 0 Å². The van der Waals surface area contributed by atoms with E-state index in [0.29, 0.717) is 12.8 Å². The van der Waals surface area contributed by atoms with Gasteiger partial charge in [0.15, 0.2) is 5.78 Å². The minimum Gasteiger partial charge on any atom is -0.297 e. The van der Waals surface area contributed by atoms with Gasteiger partial charge in [-0.1, -0.05) is 70.6 Å². The maximum absolute atomic E-state index is 12.7. The Kier molecular flexibility index (Phi) is 11.6. The van der Waals surface area contributed by atoms with Gasteiger partial charge >= 0.3 is 0 Å². The molecule has 0 aromatic carbocycles. The van der Waals surface area contributed by atoms with E-state index in [1.165, 1.54) is 51.4 Å². The van der Waals surface area contributed by atoms with E-state index in [1.807, 2.05) is 0 Å². The van der Waals surface area contributed by atoms with Gasteiger partial charge in [0.25, 0.3) is 0 Å². The van der Waals surface area contributed by atoms with Gasteiger partial charge in [0.1, 0.15) is 8.16 Å². The number of hydrogen-bond donors (Lipinski definition) is 6. The summed E-state index contributed by atoms with van der Waals surface area (Å²) in [6.07, 6.45) is 15.5. The lowest BCUT2D eigenvalue weighted by atomic mass is 9.98. The number of rotatable bonds is 0. The van der Waals surface area contributed by atoms with E-state index < -0.39 is 12.2 Å². The molecule has 0 bridgehead atoms. The van der Waals surface area contributed by atoms with Gasteiger partial charge in [-0.25, -0.2) is 0 Å². The van der Waals surface area contributed by atoms with Crippen molar-refractivity contribution in [2.75, 3.05) is 0 Å². The zero-order chi connectivity index (χ0) is 19.0. The molecular formula is C18H34OS6. The average Bonchev–Trinajstić information content (AvgIpc) is 2.53. The molecule has 1 aliphatic carbocycles. The lowest BCUT2D eigenvalue weighted by Gasteiger charge is -2.46. The first-order valence-electron chi connectivity index (χ1n) is 9.50. The highest BCUT2D eigenvalue weighted by molar-refractivity contribution is 8.12. The van der Waals surface area contributed by atoms with E-state index in [-0.39, 0.29) is 5.78 Å². The van der Waals surface area contributed by atoms with Crippen LogP contribution < -0.4 is 0 Å². The predicted molar refractivity (Wildman–Crippen MR) is 132 cm³/mol. The lowest BCUT2D eigenvalue weighted by Crippen LogP contribution is -2.54. The average molecular weight is 459 g/mol. The summed E-state index contributed by atoms with van der Waals surface area (Å²) in [7, 11) is 0. The molecule has 1 saturated carbocycles. The minimum atomic E-state index is -1.28. The number of carbonyl (C=O) groups is 1. The van der Waals surface area contributed by atoms with Gasteiger partial charge in [-0.15, -0.1) is 0 Å². The van der Waals surface area contributed by atoms with Crippen LogP contribution in [-0.4, -0.2) is 18.0 Å². The summed E-state index contributed by atoms with van der Waals surface area (Å²) in [6.45, 7) is 0. The molecule has 0 radical (unpaired) electrons. The molecule has 0 saturated heterocycles. The van der Waals surface area contributed by atoms with E-state index in [9.17, 15) is 4.79 Å². The monoisotopic (exact) mass is 458 g/mol. The van der Waals surface area contributed by atoms with Gasteiger partial charge in [0.05, 0.1) is 4.08 Å². The summed E-state index contributed by atoms with van der Waals surface area (Å²) in [5.74, 6) is -0.0437. The van der Waals surface area contributed by atoms with Crippen LogP contribution in [0.2, 0.25) is 0 Å². The molecule has 0 heterocycles. The first-order valence-corrected chi connectivity index (χ1v) is 12.2. The second-order valence-electron chi connectivity index (χ2n) is 7.33. The fourth-order valence-corrected chi connectivity index (χ4v) is 5.33. The lowest BCUT2D eigenvalue weighted by molar-refractivity contribution is -0.119. The number of Topliss-reactive ketones (excluding diaryl/α,β-unsaturated/α-hetero) is 1. The van der Waals surface area contributed by atoms with Crippen LogP contribution in [0.3, 0.4) is 0 Å². The Morgan fingerprint density at radius 3 is 1.36 bits per heavy atom. The Labute approximate surface area is 187 Å². The molecule has 148 valence electrons. The van der Waals surface area contributed by atoms with Crippen LogP contribution >= 0.6 is 75.8 Å². The van der Waals surface area contributed by atoms with Crippen LogP contribution in [0.1, 0.15) is 89.9 Å². The molecule has 1 aliphatic rings. The van der Waals surface area contributed by atoms with Crippen molar-refractivity contribution in [2.45, 2.75) is 102 Å². The van der Waals surface area contributed by atoms with Gasteiger partial charge in [-0.2, -0.15) is 75.8 Å². The maximum Gasteiger partial charge on any atom is 0.160 e. The summed E-state index contributed by atoms with van der Waals surface area (Å²) in [5.41, 5.74) is 0. The molecule has 1 rings (SSSR count). The Hall–Kier alpha value is 1.77. The number of ketones is 1. The molecule has 1 fully saturated rings. The predicted octanol–water partition coefficient (Wildman–Crippen LogP) is 6.70. The summed E-state index contributed by atoms with van der Waals surface area (Å²) >= 11 is 27.8. The van der Waals surface area contributed by atoms with Crippen LogP contribution in [0.5, 0.6) is 0 Å². The normalized spacial score (nSPS) is 27.2. The van der Waals surface area contributed by atoms with E-state index >= 15 is 0 Å². The second-order valence-corrected chi connectivity index (χ2v) is 12.6. The summed E-state index contributed by atoms with van der Waals surface area (Å²) in [4.78, 5) is 12.7. The zero-order valence-corrected chi connectivity index (χ0v) is 20.4. The van der Waals surface area contributed by atoms with E-state index in [2.05, 4.69) is 50.5 Å². The first kappa shape index (κ1) is 24.8. The topological polar surface area (TPSA) is 17.1 Å². The van der Waals surface area contributed by atoms with Crippen LogP contribution in [0.15, 0.2) is 0 Å². The molecule has 7 heteroatoms.